The number of ether oxygens (including phenoxy) is 1. The van der Waals surface area contributed by atoms with Crippen molar-refractivity contribution in [2.45, 2.75) is 12.8 Å². The molecule has 0 amide bonds. The molecule has 17 heavy (non-hydrogen) atoms. The van der Waals surface area contributed by atoms with Crippen molar-refractivity contribution in [1.29, 1.82) is 0 Å². The standard InChI is InChI=1S/C11H11NO3S2/c12-10(16)2-1-5-14-7-3-4-9-8(6-7)15-11(13)17-9/h3-4,6H,1-2,5H2,(H2,12,16). The van der Waals surface area contributed by atoms with Crippen LogP contribution in [0.15, 0.2) is 27.4 Å². The zero-order chi connectivity index (χ0) is 12.3. The summed E-state index contributed by atoms with van der Waals surface area (Å²) in [6.45, 7) is 0.539. The van der Waals surface area contributed by atoms with Gasteiger partial charge in [-0.1, -0.05) is 23.6 Å². The number of hydrogen-bond donors (Lipinski definition) is 1. The van der Waals surface area contributed by atoms with Crippen LogP contribution in [0.25, 0.3) is 10.3 Å². The van der Waals surface area contributed by atoms with E-state index in [0.29, 0.717) is 29.3 Å². The molecule has 0 aliphatic rings. The lowest BCUT2D eigenvalue weighted by atomic mass is 10.3. The summed E-state index contributed by atoms with van der Waals surface area (Å²) in [6, 6.07) is 5.34. The highest BCUT2D eigenvalue weighted by Gasteiger charge is 2.03. The van der Waals surface area contributed by atoms with Gasteiger partial charge in [-0.05, 0) is 18.6 Å². The van der Waals surface area contributed by atoms with E-state index < -0.39 is 0 Å². The van der Waals surface area contributed by atoms with E-state index in [2.05, 4.69) is 0 Å². The van der Waals surface area contributed by atoms with Crippen LogP contribution in [0.1, 0.15) is 12.8 Å². The molecule has 0 radical (unpaired) electrons. The second-order valence-corrected chi connectivity index (χ2v) is 4.98. The van der Waals surface area contributed by atoms with Gasteiger partial charge in [0.25, 0.3) is 0 Å². The van der Waals surface area contributed by atoms with Crippen molar-refractivity contribution in [3.8, 4) is 5.75 Å². The van der Waals surface area contributed by atoms with E-state index in [1.807, 2.05) is 12.1 Å². The molecule has 4 nitrogen and oxygen atoms in total. The Bertz CT molecular complexity index is 588. The number of fused-ring (bicyclic) bond motifs is 1. The van der Waals surface area contributed by atoms with Gasteiger partial charge in [0.15, 0.2) is 5.58 Å². The van der Waals surface area contributed by atoms with Crippen molar-refractivity contribution in [3.63, 3.8) is 0 Å². The Kier molecular flexibility index (Phi) is 3.75. The molecule has 1 aromatic carbocycles. The first-order chi connectivity index (χ1) is 8.15. The maximum atomic E-state index is 11.0. The van der Waals surface area contributed by atoms with Crippen molar-refractivity contribution >= 4 is 38.8 Å². The van der Waals surface area contributed by atoms with Gasteiger partial charge in [0.05, 0.1) is 16.3 Å². The summed E-state index contributed by atoms with van der Waals surface area (Å²) in [7, 11) is 0. The smallest absolute Gasteiger partial charge is 0.396 e. The van der Waals surface area contributed by atoms with Gasteiger partial charge in [-0.15, -0.1) is 0 Å². The van der Waals surface area contributed by atoms with E-state index in [1.165, 1.54) is 0 Å². The number of hydrogen-bond acceptors (Lipinski definition) is 5. The molecule has 0 aliphatic heterocycles. The molecule has 2 N–H and O–H groups in total. The minimum atomic E-state index is -0.300. The van der Waals surface area contributed by atoms with Crippen molar-refractivity contribution in [2.75, 3.05) is 6.61 Å². The van der Waals surface area contributed by atoms with Crippen molar-refractivity contribution in [1.82, 2.24) is 0 Å². The molecule has 90 valence electrons. The maximum Gasteiger partial charge on any atom is 0.396 e. The highest BCUT2D eigenvalue weighted by atomic mass is 32.1. The first kappa shape index (κ1) is 12.1. The summed E-state index contributed by atoms with van der Waals surface area (Å²) in [5.74, 6) is 0.682. The molecule has 2 aromatic rings. The zero-order valence-corrected chi connectivity index (χ0v) is 10.6. The van der Waals surface area contributed by atoms with Gasteiger partial charge in [-0.2, -0.15) is 0 Å². The number of rotatable bonds is 5. The van der Waals surface area contributed by atoms with Crippen LogP contribution in [-0.4, -0.2) is 11.6 Å². The Morgan fingerprint density at radius 1 is 1.53 bits per heavy atom. The molecule has 1 aromatic heterocycles. The summed E-state index contributed by atoms with van der Waals surface area (Å²) in [6.07, 6.45) is 1.45. The van der Waals surface area contributed by atoms with Crippen molar-refractivity contribution in [3.05, 3.63) is 27.9 Å². The van der Waals surface area contributed by atoms with Crippen LogP contribution >= 0.6 is 23.6 Å². The van der Waals surface area contributed by atoms with Crippen LogP contribution in [0, 0.1) is 0 Å². The fourth-order valence-corrected chi connectivity index (χ4v) is 2.17. The molecule has 0 aliphatic carbocycles. The molecular formula is C11H11NO3S2. The third kappa shape index (κ3) is 3.28. The van der Waals surface area contributed by atoms with E-state index in [-0.39, 0.29) is 4.94 Å². The SMILES string of the molecule is NC(=S)CCCOc1ccc2sc(=O)oc2c1. The normalized spacial score (nSPS) is 10.6. The van der Waals surface area contributed by atoms with E-state index >= 15 is 0 Å². The summed E-state index contributed by atoms with van der Waals surface area (Å²) in [5.41, 5.74) is 5.94. The fraction of sp³-hybridized carbons (Fsp3) is 0.273. The first-order valence-electron chi connectivity index (χ1n) is 5.10. The highest BCUT2D eigenvalue weighted by molar-refractivity contribution is 7.80. The first-order valence-corrected chi connectivity index (χ1v) is 6.32. The average Bonchev–Trinajstić information content (AvgIpc) is 2.63. The molecule has 0 saturated carbocycles. The monoisotopic (exact) mass is 269 g/mol. The van der Waals surface area contributed by atoms with Crippen LogP contribution in [-0.2, 0) is 0 Å². The molecule has 1 heterocycles. The molecular weight excluding hydrogens is 258 g/mol. The molecule has 2 rings (SSSR count). The van der Waals surface area contributed by atoms with Gasteiger partial charge >= 0.3 is 4.94 Å². The van der Waals surface area contributed by atoms with E-state index in [1.54, 1.807) is 6.07 Å². The maximum absolute atomic E-state index is 11.0. The summed E-state index contributed by atoms with van der Waals surface area (Å²) in [5, 5.41) is 0. The highest BCUT2D eigenvalue weighted by Crippen LogP contribution is 2.22. The summed E-state index contributed by atoms with van der Waals surface area (Å²) >= 11 is 5.85. The Morgan fingerprint density at radius 2 is 2.35 bits per heavy atom. The predicted molar refractivity (Wildman–Crippen MR) is 71.9 cm³/mol. The van der Waals surface area contributed by atoms with Gasteiger partial charge in [0.1, 0.15) is 5.75 Å². The van der Waals surface area contributed by atoms with Crippen LogP contribution in [0.2, 0.25) is 0 Å². The third-order valence-electron chi connectivity index (χ3n) is 2.14. The quantitative estimate of drug-likeness (QED) is 0.666. The number of benzene rings is 1. The Hall–Kier alpha value is -1.40. The average molecular weight is 269 g/mol. The Morgan fingerprint density at radius 3 is 3.12 bits per heavy atom. The second-order valence-electron chi connectivity index (χ2n) is 3.48. The Balaban J connectivity index is 1.99. The fourth-order valence-electron chi connectivity index (χ4n) is 1.38. The Labute approximate surface area is 107 Å². The number of thiocarbonyl (C=S) groups is 1. The zero-order valence-electron chi connectivity index (χ0n) is 8.97. The lowest BCUT2D eigenvalue weighted by molar-refractivity contribution is 0.313. The molecule has 0 saturated heterocycles. The van der Waals surface area contributed by atoms with Gasteiger partial charge in [0.2, 0.25) is 0 Å². The van der Waals surface area contributed by atoms with E-state index in [9.17, 15) is 4.79 Å². The third-order valence-corrected chi connectivity index (χ3v) is 3.15. The molecule has 0 atom stereocenters. The minimum absolute atomic E-state index is 0.300. The molecule has 0 unspecified atom stereocenters. The van der Waals surface area contributed by atoms with Crippen LogP contribution in [0.3, 0.4) is 0 Å². The van der Waals surface area contributed by atoms with Gasteiger partial charge < -0.3 is 14.9 Å². The van der Waals surface area contributed by atoms with Gasteiger partial charge in [-0.25, -0.2) is 4.79 Å². The second kappa shape index (κ2) is 5.29. The summed E-state index contributed by atoms with van der Waals surface area (Å²) < 4.78 is 11.3. The van der Waals surface area contributed by atoms with Crippen molar-refractivity contribution in [2.24, 2.45) is 5.73 Å². The van der Waals surface area contributed by atoms with Gasteiger partial charge in [-0.3, -0.25) is 0 Å². The molecule has 0 bridgehead atoms. The molecule has 0 spiro atoms. The number of nitrogens with two attached hydrogens (primary N) is 1. The lowest BCUT2D eigenvalue weighted by Crippen LogP contribution is -2.09. The van der Waals surface area contributed by atoms with E-state index in [4.69, 9.17) is 27.1 Å². The van der Waals surface area contributed by atoms with Crippen LogP contribution in [0.5, 0.6) is 5.75 Å². The molecule has 6 heteroatoms. The van der Waals surface area contributed by atoms with Crippen LogP contribution < -0.4 is 15.4 Å². The lowest BCUT2D eigenvalue weighted by Gasteiger charge is -2.04. The topological polar surface area (TPSA) is 65.5 Å². The van der Waals surface area contributed by atoms with E-state index in [0.717, 1.165) is 22.5 Å². The molecule has 0 fully saturated rings. The minimum Gasteiger partial charge on any atom is -0.493 e. The van der Waals surface area contributed by atoms with Crippen LogP contribution in [0.4, 0.5) is 0 Å². The van der Waals surface area contributed by atoms with Crippen molar-refractivity contribution < 1.29 is 9.15 Å². The summed E-state index contributed by atoms with van der Waals surface area (Å²) in [4.78, 5) is 11.2. The van der Waals surface area contributed by atoms with Gasteiger partial charge in [0, 0.05) is 12.5 Å². The predicted octanol–water partition coefficient (Wildman–Crippen LogP) is 2.30. The largest absolute Gasteiger partial charge is 0.493 e.